The molecule has 0 amide bonds. The zero-order valence-corrected chi connectivity index (χ0v) is 28.1. The van der Waals surface area contributed by atoms with Crippen LogP contribution < -0.4 is 4.90 Å². The maximum Gasteiger partial charge on any atom is 0.135 e. The van der Waals surface area contributed by atoms with E-state index in [0.717, 1.165) is 94.4 Å². The summed E-state index contributed by atoms with van der Waals surface area (Å²) in [7, 11) is 0. The molecule has 0 unspecified atom stereocenters. The summed E-state index contributed by atoms with van der Waals surface area (Å²) >= 11 is 0. The first-order valence-corrected chi connectivity index (χ1v) is 17.5. The number of benzene rings is 8. The summed E-state index contributed by atoms with van der Waals surface area (Å²) in [4.78, 5) is 12.9. The Morgan fingerprint density at radius 1 is 0.365 bits per heavy atom. The van der Waals surface area contributed by atoms with Crippen LogP contribution in [-0.2, 0) is 0 Å². The zero-order valence-electron chi connectivity index (χ0n) is 28.1. The summed E-state index contributed by atoms with van der Waals surface area (Å²) in [6.07, 6.45) is 0. The maximum atomic E-state index is 6.17. The van der Waals surface area contributed by atoms with Gasteiger partial charge in [0, 0.05) is 44.3 Å². The predicted octanol–water partition coefficient (Wildman–Crippen LogP) is 13.2. The Morgan fingerprint density at radius 3 is 1.75 bits per heavy atom. The van der Waals surface area contributed by atoms with Gasteiger partial charge >= 0.3 is 0 Å². The van der Waals surface area contributed by atoms with E-state index in [2.05, 4.69) is 157 Å². The van der Waals surface area contributed by atoms with Gasteiger partial charge in [0.2, 0.25) is 0 Å². The lowest BCUT2D eigenvalue weighted by Crippen LogP contribution is -2.09. The van der Waals surface area contributed by atoms with Crippen LogP contribution in [0.2, 0.25) is 0 Å². The van der Waals surface area contributed by atoms with E-state index >= 15 is 0 Å². The van der Waals surface area contributed by atoms with Crippen LogP contribution in [0.3, 0.4) is 0 Å². The van der Waals surface area contributed by atoms with E-state index in [-0.39, 0.29) is 0 Å². The van der Waals surface area contributed by atoms with Crippen molar-refractivity contribution < 1.29 is 4.42 Å². The zero-order chi connectivity index (χ0) is 34.4. The molecular weight excluding hydrogens is 635 g/mol. The van der Waals surface area contributed by atoms with E-state index in [0.29, 0.717) is 0 Å². The van der Waals surface area contributed by atoms with Crippen molar-refractivity contribution in [3.63, 3.8) is 0 Å². The van der Waals surface area contributed by atoms with Gasteiger partial charge in [0.25, 0.3) is 0 Å². The van der Waals surface area contributed by atoms with Crippen molar-refractivity contribution in [2.45, 2.75) is 0 Å². The normalized spacial score (nSPS) is 11.5. The molecule has 4 heteroatoms. The Labute approximate surface area is 300 Å². The summed E-state index contributed by atoms with van der Waals surface area (Å²) in [5.41, 5.74) is 12.8. The van der Waals surface area contributed by atoms with E-state index < -0.39 is 0 Å². The van der Waals surface area contributed by atoms with Crippen molar-refractivity contribution in [2.24, 2.45) is 0 Å². The number of hydrogen-bond acceptors (Lipinski definition) is 4. The molecule has 0 bridgehead atoms. The summed E-state index contributed by atoms with van der Waals surface area (Å²) in [5, 5.41) is 4.40. The molecule has 0 spiro atoms. The van der Waals surface area contributed by atoms with Crippen LogP contribution in [-0.4, -0.2) is 9.97 Å². The minimum Gasteiger partial charge on any atom is -0.456 e. The molecule has 52 heavy (non-hydrogen) atoms. The van der Waals surface area contributed by atoms with Gasteiger partial charge in [-0.1, -0.05) is 127 Å². The number of furan rings is 1. The number of hydrogen-bond donors (Lipinski definition) is 0. The summed E-state index contributed by atoms with van der Waals surface area (Å²) in [6.45, 7) is 0. The van der Waals surface area contributed by atoms with E-state index in [4.69, 9.17) is 14.4 Å². The molecule has 244 valence electrons. The SMILES string of the molecule is c1ccc(-c2nc3ccc4ccc(-c5cccc(N(c6ccccc6)c6ccc7oc8ccccc8c7c6)c5)cc4c3nc2-c2ccccc2)cc1. The Hall–Kier alpha value is -7.04. The Morgan fingerprint density at radius 2 is 0.962 bits per heavy atom. The van der Waals surface area contributed by atoms with Crippen LogP contribution in [0.25, 0.3) is 77.4 Å². The van der Waals surface area contributed by atoms with Gasteiger partial charge < -0.3 is 9.32 Å². The number of fused-ring (bicyclic) bond motifs is 6. The lowest BCUT2D eigenvalue weighted by Gasteiger charge is -2.26. The standard InChI is InChI=1S/C48H31N3O/c1-4-13-33(14-5-1)46-47(34-15-6-2-7-16-34)50-48-41-30-36(24-23-32(41)25-27-43(48)49-46)35-17-12-20-38(29-35)51(37-18-8-3-9-19-37)39-26-28-45-42(31-39)40-21-10-11-22-44(40)52-45/h1-31H. The highest BCUT2D eigenvalue weighted by molar-refractivity contribution is 6.08. The number of anilines is 3. The van der Waals surface area contributed by atoms with Crippen molar-refractivity contribution in [1.82, 2.24) is 9.97 Å². The second-order valence-electron chi connectivity index (χ2n) is 13.0. The fourth-order valence-electron chi connectivity index (χ4n) is 7.31. The van der Waals surface area contributed by atoms with Gasteiger partial charge in [-0.25, -0.2) is 9.97 Å². The predicted molar refractivity (Wildman–Crippen MR) is 215 cm³/mol. The molecule has 0 radical (unpaired) electrons. The van der Waals surface area contributed by atoms with Crippen molar-refractivity contribution in [3.05, 3.63) is 188 Å². The molecule has 10 rings (SSSR count). The first kappa shape index (κ1) is 29.8. The third kappa shape index (κ3) is 5.17. The van der Waals surface area contributed by atoms with Crippen LogP contribution in [0.15, 0.2) is 192 Å². The molecule has 0 saturated carbocycles. The van der Waals surface area contributed by atoms with E-state index in [1.54, 1.807) is 0 Å². The van der Waals surface area contributed by atoms with Gasteiger partial charge in [-0.15, -0.1) is 0 Å². The Kier molecular flexibility index (Phi) is 7.10. The molecule has 8 aromatic carbocycles. The second-order valence-corrected chi connectivity index (χ2v) is 13.0. The molecule has 0 aliphatic heterocycles. The Bertz CT molecular complexity index is 2900. The molecule has 0 saturated heterocycles. The van der Waals surface area contributed by atoms with Crippen molar-refractivity contribution >= 4 is 60.8 Å². The minimum absolute atomic E-state index is 0.870. The van der Waals surface area contributed by atoms with Crippen LogP contribution >= 0.6 is 0 Å². The minimum atomic E-state index is 0.870. The van der Waals surface area contributed by atoms with Crippen LogP contribution in [0.5, 0.6) is 0 Å². The lowest BCUT2D eigenvalue weighted by atomic mass is 9.98. The second kappa shape index (κ2) is 12.4. The highest BCUT2D eigenvalue weighted by Crippen LogP contribution is 2.40. The number of nitrogens with zero attached hydrogens (tertiary/aromatic N) is 3. The first-order chi connectivity index (χ1) is 25.8. The smallest absolute Gasteiger partial charge is 0.135 e. The molecule has 2 aromatic heterocycles. The van der Waals surface area contributed by atoms with Gasteiger partial charge in [0.15, 0.2) is 0 Å². The first-order valence-electron chi connectivity index (χ1n) is 17.5. The molecule has 2 heterocycles. The highest BCUT2D eigenvalue weighted by Gasteiger charge is 2.18. The van der Waals surface area contributed by atoms with Crippen molar-refractivity contribution in [1.29, 1.82) is 0 Å². The average Bonchev–Trinajstić information content (AvgIpc) is 3.59. The van der Waals surface area contributed by atoms with Gasteiger partial charge in [-0.05, 0) is 77.2 Å². The van der Waals surface area contributed by atoms with Crippen molar-refractivity contribution in [3.8, 4) is 33.6 Å². The third-order valence-corrected chi connectivity index (χ3v) is 9.82. The van der Waals surface area contributed by atoms with Gasteiger partial charge in [0.1, 0.15) is 11.2 Å². The monoisotopic (exact) mass is 665 g/mol. The maximum absolute atomic E-state index is 6.17. The molecule has 10 aromatic rings. The lowest BCUT2D eigenvalue weighted by molar-refractivity contribution is 0.669. The number of rotatable bonds is 6. The van der Waals surface area contributed by atoms with Gasteiger partial charge in [-0.3, -0.25) is 0 Å². The van der Waals surface area contributed by atoms with Gasteiger partial charge in [0.05, 0.1) is 22.4 Å². The topological polar surface area (TPSA) is 42.2 Å². The molecule has 0 aliphatic rings. The van der Waals surface area contributed by atoms with E-state index in [1.165, 1.54) is 0 Å². The van der Waals surface area contributed by atoms with Gasteiger partial charge in [-0.2, -0.15) is 0 Å². The molecule has 4 nitrogen and oxygen atoms in total. The fourth-order valence-corrected chi connectivity index (χ4v) is 7.31. The molecular formula is C48H31N3O. The third-order valence-electron chi connectivity index (χ3n) is 9.82. The van der Waals surface area contributed by atoms with E-state index in [1.807, 2.05) is 36.4 Å². The summed E-state index contributed by atoms with van der Waals surface area (Å²) < 4.78 is 6.17. The quantitative estimate of drug-likeness (QED) is 0.166. The van der Waals surface area contributed by atoms with Crippen LogP contribution in [0, 0.1) is 0 Å². The summed E-state index contributed by atoms with van der Waals surface area (Å²) in [6, 6.07) is 65.5. The number of para-hydroxylation sites is 2. The molecule has 0 fully saturated rings. The largest absolute Gasteiger partial charge is 0.456 e. The van der Waals surface area contributed by atoms with E-state index in [9.17, 15) is 0 Å². The Balaban J connectivity index is 1.12. The fraction of sp³-hybridized carbons (Fsp3) is 0. The average molecular weight is 666 g/mol. The summed E-state index contributed by atoms with van der Waals surface area (Å²) in [5.74, 6) is 0. The molecule has 0 N–H and O–H groups in total. The molecule has 0 atom stereocenters. The van der Waals surface area contributed by atoms with Crippen molar-refractivity contribution in [2.75, 3.05) is 4.90 Å². The highest BCUT2D eigenvalue weighted by atomic mass is 16.3. The van der Waals surface area contributed by atoms with Crippen LogP contribution in [0.1, 0.15) is 0 Å². The number of aromatic nitrogens is 2. The van der Waals surface area contributed by atoms with Crippen LogP contribution in [0.4, 0.5) is 17.1 Å². The molecule has 0 aliphatic carbocycles.